The molecular formula is C9H12ClI2NO2. The zero-order chi connectivity index (χ0) is 10.9. The maximum Gasteiger partial charge on any atom is 0.133 e. The fourth-order valence-electron chi connectivity index (χ4n) is 1.10. The van der Waals surface area contributed by atoms with Gasteiger partial charge >= 0.3 is 0 Å². The topological polar surface area (TPSA) is 66.5 Å². The molecule has 0 fully saturated rings. The summed E-state index contributed by atoms with van der Waals surface area (Å²) >= 11 is 4.19. The van der Waals surface area contributed by atoms with Gasteiger partial charge in [0.05, 0.1) is 15.7 Å². The van der Waals surface area contributed by atoms with Crippen LogP contribution in [0.4, 0.5) is 0 Å². The van der Waals surface area contributed by atoms with Crippen LogP contribution in [-0.2, 0) is 0 Å². The van der Waals surface area contributed by atoms with Gasteiger partial charge in [-0.2, -0.15) is 0 Å². The van der Waals surface area contributed by atoms with Crippen LogP contribution in [0.2, 0.25) is 0 Å². The van der Waals surface area contributed by atoms with Crippen molar-refractivity contribution in [3.63, 3.8) is 0 Å². The molecule has 0 radical (unpaired) electrons. The lowest BCUT2D eigenvalue weighted by Crippen LogP contribution is -2.23. The molecule has 1 aromatic rings. The van der Waals surface area contributed by atoms with E-state index in [0.29, 0.717) is 5.56 Å². The van der Waals surface area contributed by atoms with Crippen LogP contribution in [-0.4, -0.2) is 16.3 Å². The zero-order valence-electron chi connectivity index (χ0n) is 7.95. The Morgan fingerprint density at radius 1 is 1.33 bits per heavy atom. The Labute approximate surface area is 122 Å². The molecule has 4 N–H and O–H groups in total. The Hall–Kier alpha value is 0.690. The van der Waals surface area contributed by atoms with Crippen molar-refractivity contribution in [2.45, 2.75) is 19.1 Å². The van der Waals surface area contributed by atoms with Crippen LogP contribution >= 0.6 is 57.6 Å². The average molecular weight is 455 g/mol. The number of aromatic hydroxyl groups is 1. The first-order valence-electron chi connectivity index (χ1n) is 4.05. The second kappa shape index (κ2) is 6.43. The molecule has 0 spiro atoms. The molecule has 0 saturated carbocycles. The molecule has 0 aliphatic carbocycles. The van der Waals surface area contributed by atoms with Crippen LogP contribution in [0.5, 0.6) is 5.75 Å². The summed E-state index contributed by atoms with van der Waals surface area (Å²) in [5, 5.41) is 19.1. The summed E-state index contributed by atoms with van der Waals surface area (Å²) in [5.74, 6) is 0.166. The predicted octanol–water partition coefficient (Wildman–Crippen LogP) is 2.40. The Bertz CT molecular complexity index is 347. The molecule has 0 aliphatic rings. The molecule has 2 atom stereocenters. The number of phenols is 1. The first-order chi connectivity index (χ1) is 6.43. The molecule has 1 rings (SSSR count). The largest absolute Gasteiger partial charge is 0.506 e. The van der Waals surface area contributed by atoms with Crippen molar-refractivity contribution >= 4 is 57.6 Å². The minimum Gasteiger partial charge on any atom is -0.506 e. The molecular weight excluding hydrogens is 443 g/mol. The molecule has 0 heterocycles. The van der Waals surface area contributed by atoms with E-state index < -0.39 is 12.1 Å². The number of aliphatic hydroxyl groups is 1. The van der Waals surface area contributed by atoms with E-state index in [1.54, 1.807) is 13.0 Å². The molecule has 15 heavy (non-hydrogen) atoms. The third-order valence-corrected chi connectivity index (χ3v) is 3.38. The van der Waals surface area contributed by atoms with Crippen molar-refractivity contribution in [3.05, 3.63) is 24.8 Å². The minimum atomic E-state index is -0.671. The lowest BCUT2D eigenvalue weighted by molar-refractivity contribution is 0.162. The standard InChI is InChI=1S/C9H11I2NO2.ClH/c1-4(13)8(12)6-2-5(10)3-7(11)9(6)14;/h2-4,8,13-14H,12H2,1H3;1H/t4-,8-;/m0./s1. The normalized spacial score (nSPS) is 14.2. The fraction of sp³-hybridized carbons (Fsp3) is 0.333. The maximum absolute atomic E-state index is 9.74. The van der Waals surface area contributed by atoms with E-state index in [2.05, 4.69) is 22.6 Å². The average Bonchev–Trinajstić information content (AvgIpc) is 2.09. The number of phenolic OH excluding ortho intramolecular Hbond substituents is 1. The first kappa shape index (κ1) is 15.7. The number of benzene rings is 1. The maximum atomic E-state index is 9.74. The smallest absolute Gasteiger partial charge is 0.133 e. The van der Waals surface area contributed by atoms with Crippen molar-refractivity contribution < 1.29 is 10.2 Å². The quantitative estimate of drug-likeness (QED) is 0.601. The van der Waals surface area contributed by atoms with E-state index in [9.17, 15) is 10.2 Å². The van der Waals surface area contributed by atoms with Gasteiger partial charge in [0.1, 0.15) is 5.75 Å². The first-order valence-corrected chi connectivity index (χ1v) is 6.20. The molecule has 6 heteroatoms. The van der Waals surface area contributed by atoms with Gasteiger partial charge in [-0.15, -0.1) is 12.4 Å². The van der Waals surface area contributed by atoms with Crippen LogP contribution in [0.15, 0.2) is 12.1 Å². The van der Waals surface area contributed by atoms with Crippen LogP contribution < -0.4 is 5.73 Å². The van der Waals surface area contributed by atoms with Crippen molar-refractivity contribution in [2.24, 2.45) is 5.73 Å². The minimum absolute atomic E-state index is 0. The number of rotatable bonds is 2. The van der Waals surface area contributed by atoms with E-state index in [1.807, 2.05) is 28.7 Å². The molecule has 86 valence electrons. The fourth-order valence-corrected chi connectivity index (χ4v) is 2.99. The SMILES string of the molecule is C[C@H](O)[C@H](N)c1cc(I)cc(I)c1O.Cl. The van der Waals surface area contributed by atoms with Gasteiger partial charge in [-0.1, -0.05) is 0 Å². The second-order valence-corrected chi connectivity index (χ2v) is 5.50. The van der Waals surface area contributed by atoms with Gasteiger partial charge in [0.15, 0.2) is 0 Å². The predicted molar refractivity (Wildman–Crippen MR) is 79.4 cm³/mol. The van der Waals surface area contributed by atoms with Gasteiger partial charge in [0.2, 0.25) is 0 Å². The molecule has 0 saturated heterocycles. The van der Waals surface area contributed by atoms with Crippen molar-refractivity contribution in [1.82, 2.24) is 0 Å². The number of aliphatic hydroxyl groups excluding tert-OH is 1. The van der Waals surface area contributed by atoms with Crippen molar-refractivity contribution in [3.8, 4) is 5.75 Å². The lowest BCUT2D eigenvalue weighted by Gasteiger charge is -2.17. The summed E-state index contributed by atoms with van der Waals surface area (Å²) in [6.45, 7) is 1.61. The second-order valence-electron chi connectivity index (χ2n) is 3.09. The molecule has 0 amide bonds. The summed E-state index contributed by atoms with van der Waals surface area (Å²) in [4.78, 5) is 0. The highest BCUT2D eigenvalue weighted by Crippen LogP contribution is 2.31. The number of hydrogen-bond donors (Lipinski definition) is 3. The number of halogens is 3. The molecule has 1 aromatic carbocycles. The van der Waals surface area contributed by atoms with Gasteiger partial charge in [-0.25, -0.2) is 0 Å². The monoisotopic (exact) mass is 455 g/mol. The van der Waals surface area contributed by atoms with E-state index in [0.717, 1.165) is 7.14 Å². The number of hydrogen-bond acceptors (Lipinski definition) is 3. The summed E-state index contributed by atoms with van der Waals surface area (Å²) in [5.41, 5.74) is 6.35. The third kappa shape index (κ3) is 3.88. The van der Waals surface area contributed by atoms with Crippen molar-refractivity contribution in [2.75, 3.05) is 0 Å². The zero-order valence-corrected chi connectivity index (χ0v) is 13.1. The van der Waals surface area contributed by atoms with E-state index in [4.69, 9.17) is 5.73 Å². The summed E-state index contributed by atoms with van der Waals surface area (Å²) in [6, 6.07) is 3.10. The highest BCUT2D eigenvalue weighted by molar-refractivity contribution is 14.1. The third-order valence-electron chi connectivity index (χ3n) is 1.94. The molecule has 0 unspecified atom stereocenters. The Kier molecular flexibility index (Phi) is 6.73. The Balaban J connectivity index is 0.00000196. The molecule has 0 aliphatic heterocycles. The van der Waals surface area contributed by atoms with Crippen LogP contribution in [0.1, 0.15) is 18.5 Å². The van der Waals surface area contributed by atoms with Gasteiger partial charge in [-0.3, -0.25) is 0 Å². The molecule has 0 aromatic heterocycles. The molecule has 3 nitrogen and oxygen atoms in total. The van der Waals surface area contributed by atoms with Crippen LogP contribution in [0.25, 0.3) is 0 Å². The van der Waals surface area contributed by atoms with Gasteiger partial charge in [-0.05, 0) is 64.2 Å². The molecule has 0 bridgehead atoms. The van der Waals surface area contributed by atoms with Crippen LogP contribution in [0.3, 0.4) is 0 Å². The summed E-state index contributed by atoms with van der Waals surface area (Å²) < 4.78 is 1.75. The van der Waals surface area contributed by atoms with E-state index >= 15 is 0 Å². The Morgan fingerprint density at radius 2 is 1.87 bits per heavy atom. The summed E-state index contributed by atoms with van der Waals surface area (Å²) in [7, 11) is 0. The Morgan fingerprint density at radius 3 is 2.33 bits per heavy atom. The van der Waals surface area contributed by atoms with Gasteiger partial charge in [0, 0.05) is 9.13 Å². The number of nitrogens with two attached hydrogens (primary N) is 1. The van der Waals surface area contributed by atoms with Crippen molar-refractivity contribution in [1.29, 1.82) is 0 Å². The summed E-state index contributed by atoms with van der Waals surface area (Å²) in [6.07, 6.45) is -0.671. The van der Waals surface area contributed by atoms with E-state index in [1.165, 1.54) is 0 Å². The van der Waals surface area contributed by atoms with Crippen LogP contribution in [0, 0.1) is 7.14 Å². The van der Waals surface area contributed by atoms with Gasteiger partial charge < -0.3 is 15.9 Å². The van der Waals surface area contributed by atoms with Gasteiger partial charge in [0.25, 0.3) is 0 Å². The van der Waals surface area contributed by atoms with E-state index in [-0.39, 0.29) is 18.2 Å². The highest BCUT2D eigenvalue weighted by Gasteiger charge is 2.18. The highest BCUT2D eigenvalue weighted by atomic mass is 127. The lowest BCUT2D eigenvalue weighted by atomic mass is 10.0.